The quantitative estimate of drug-likeness (QED) is 0.289. The highest BCUT2D eigenvalue weighted by molar-refractivity contribution is 9.10. The van der Waals surface area contributed by atoms with Gasteiger partial charge in [-0.2, -0.15) is 0 Å². The SMILES string of the molecule is COc1ccc(C(=O)c2oc3ccccc3c2NC(=O)c2ccc(Cl)cc2Cl)cc1Br. The molecule has 156 valence electrons. The van der Waals surface area contributed by atoms with Crippen molar-refractivity contribution in [2.24, 2.45) is 0 Å². The van der Waals surface area contributed by atoms with Gasteiger partial charge in [-0.3, -0.25) is 9.59 Å². The third kappa shape index (κ3) is 4.19. The fraction of sp³-hybridized carbons (Fsp3) is 0.0435. The summed E-state index contributed by atoms with van der Waals surface area (Å²) >= 11 is 15.5. The highest BCUT2D eigenvalue weighted by Crippen LogP contribution is 2.35. The molecule has 31 heavy (non-hydrogen) atoms. The van der Waals surface area contributed by atoms with Crippen molar-refractivity contribution in [1.82, 2.24) is 0 Å². The molecule has 0 saturated heterocycles. The number of carbonyl (C=O) groups excluding carboxylic acids is 2. The number of nitrogens with one attached hydrogen (secondary N) is 1. The van der Waals surface area contributed by atoms with E-state index in [9.17, 15) is 9.59 Å². The first-order valence-electron chi connectivity index (χ1n) is 9.05. The van der Waals surface area contributed by atoms with Crippen LogP contribution < -0.4 is 10.1 Å². The van der Waals surface area contributed by atoms with Crippen LogP contribution in [0.1, 0.15) is 26.5 Å². The second kappa shape index (κ2) is 8.75. The first-order valence-corrected chi connectivity index (χ1v) is 10.6. The highest BCUT2D eigenvalue weighted by Gasteiger charge is 2.25. The van der Waals surface area contributed by atoms with E-state index >= 15 is 0 Å². The molecule has 0 atom stereocenters. The van der Waals surface area contributed by atoms with Gasteiger partial charge < -0.3 is 14.5 Å². The van der Waals surface area contributed by atoms with Gasteiger partial charge >= 0.3 is 0 Å². The molecule has 0 aliphatic heterocycles. The Morgan fingerprint density at radius 2 is 1.81 bits per heavy atom. The van der Waals surface area contributed by atoms with Crippen LogP contribution >= 0.6 is 39.1 Å². The molecule has 1 heterocycles. The number of carbonyl (C=O) groups is 2. The molecule has 0 unspecified atom stereocenters. The number of para-hydroxylation sites is 1. The average Bonchev–Trinajstić information content (AvgIpc) is 3.11. The summed E-state index contributed by atoms with van der Waals surface area (Å²) in [6.45, 7) is 0. The van der Waals surface area contributed by atoms with E-state index in [4.69, 9.17) is 32.4 Å². The molecule has 8 heteroatoms. The Bertz CT molecular complexity index is 1330. The lowest BCUT2D eigenvalue weighted by Gasteiger charge is -2.09. The minimum atomic E-state index is -0.488. The van der Waals surface area contributed by atoms with E-state index in [0.29, 0.717) is 31.8 Å². The number of rotatable bonds is 5. The Hall–Kier alpha value is -2.80. The van der Waals surface area contributed by atoms with Crippen LogP contribution in [-0.2, 0) is 0 Å². The Morgan fingerprint density at radius 3 is 2.52 bits per heavy atom. The Kier molecular flexibility index (Phi) is 6.05. The van der Waals surface area contributed by atoms with E-state index < -0.39 is 11.7 Å². The minimum Gasteiger partial charge on any atom is -0.496 e. The van der Waals surface area contributed by atoms with E-state index in [2.05, 4.69) is 21.2 Å². The van der Waals surface area contributed by atoms with Gasteiger partial charge in [-0.25, -0.2) is 0 Å². The normalized spacial score (nSPS) is 10.8. The van der Waals surface area contributed by atoms with E-state index in [0.717, 1.165) is 0 Å². The molecule has 1 N–H and O–H groups in total. The standard InChI is InChI=1S/C23H14BrCl2NO4/c1-30-19-9-6-12(10-16(19)24)21(28)22-20(15-4-2-3-5-18(15)31-22)27-23(29)14-8-7-13(25)11-17(14)26/h2-11H,1H3,(H,27,29). The number of fused-ring (bicyclic) bond motifs is 1. The smallest absolute Gasteiger partial charge is 0.257 e. The minimum absolute atomic E-state index is 0.0108. The molecule has 4 aromatic rings. The van der Waals surface area contributed by atoms with Gasteiger partial charge in [0.2, 0.25) is 5.78 Å². The topological polar surface area (TPSA) is 68.5 Å². The number of furan rings is 1. The number of benzene rings is 3. The van der Waals surface area contributed by atoms with Crippen molar-refractivity contribution in [3.63, 3.8) is 0 Å². The van der Waals surface area contributed by atoms with E-state index in [-0.39, 0.29) is 22.0 Å². The second-order valence-electron chi connectivity index (χ2n) is 6.56. The fourth-order valence-corrected chi connectivity index (χ4v) is 4.16. The van der Waals surface area contributed by atoms with Crippen molar-refractivity contribution in [1.29, 1.82) is 0 Å². The molecule has 5 nitrogen and oxygen atoms in total. The van der Waals surface area contributed by atoms with Gasteiger partial charge in [-0.1, -0.05) is 35.3 Å². The number of ether oxygens (including phenoxy) is 1. The van der Waals surface area contributed by atoms with Crippen molar-refractivity contribution in [3.8, 4) is 5.75 Å². The predicted octanol–water partition coefficient (Wildman–Crippen LogP) is 6.99. The molecule has 0 bridgehead atoms. The molecule has 0 saturated carbocycles. The van der Waals surface area contributed by atoms with E-state index in [1.165, 1.54) is 19.2 Å². The monoisotopic (exact) mass is 517 g/mol. The van der Waals surface area contributed by atoms with Crippen LogP contribution in [0.15, 0.2) is 69.6 Å². The molecule has 0 radical (unpaired) electrons. The zero-order chi connectivity index (χ0) is 22.1. The van der Waals surface area contributed by atoms with Gasteiger partial charge in [0.05, 0.1) is 27.9 Å². The Morgan fingerprint density at radius 1 is 1.03 bits per heavy atom. The lowest BCUT2D eigenvalue weighted by atomic mass is 10.1. The number of anilines is 1. The van der Waals surface area contributed by atoms with E-state index in [1.807, 2.05) is 0 Å². The third-order valence-corrected chi connectivity index (χ3v) is 5.80. The van der Waals surface area contributed by atoms with Gasteiger partial charge in [0.15, 0.2) is 5.76 Å². The first kappa shape index (κ1) is 21.4. The zero-order valence-corrected chi connectivity index (χ0v) is 19.1. The van der Waals surface area contributed by atoms with Crippen LogP contribution in [0, 0.1) is 0 Å². The van der Waals surface area contributed by atoms with Crippen LogP contribution in [0.4, 0.5) is 5.69 Å². The number of hydrogen-bond donors (Lipinski definition) is 1. The zero-order valence-electron chi connectivity index (χ0n) is 16.0. The Balaban J connectivity index is 1.78. The molecule has 4 rings (SSSR count). The van der Waals surface area contributed by atoms with Crippen LogP contribution in [0.25, 0.3) is 11.0 Å². The lowest BCUT2D eigenvalue weighted by molar-refractivity contribution is 0.101. The largest absolute Gasteiger partial charge is 0.496 e. The van der Waals surface area contributed by atoms with Crippen molar-refractivity contribution < 1.29 is 18.7 Å². The lowest BCUT2D eigenvalue weighted by Crippen LogP contribution is -2.15. The van der Waals surface area contributed by atoms with Gasteiger partial charge in [0, 0.05) is 16.0 Å². The van der Waals surface area contributed by atoms with Gasteiger partial charge in [0.25, 0.3) is 5.91 Å². The van der Waals surface area contributed by atoms with Crippen molar-refractivity contribution in [3.05, 3.63) is 92.1 Å². The Labute approximate surface area is 196 Å². The van der Waals surface area contributed by atoms with Crippen molar-refractivity contribution in [2.45, 2.75) is 0 Å². The number of hydrogen-bond acceptors (Lipinski definition) is 4. The maximum atomic E-state index is 13.3. The molecule has 3 aromatic carbocycles. The van der Waals surface area contributed by atoms with Crippen molar-refractivity contribution in [2.75, 3.05) is 12.4 Å². The summed E-state index contributed by atoms with van der Waals surface area (Å²) in [6, 6.07) is 16.6. The average molecular weight is 519 g/mol. The summed E-state index contributed by atoms with van der Waals surface area (Å²) in [5.74, 6) is -0.279. The number of halogens is 3. The third-order valence-electron chi connectivity index (χ3n) is 4.63. The molecular weight excluding hydrogens is 505 g/mol. The molecule has 1 amide bonds. The first-order chi connectivity index (χ1) is 14.9. The van der Waals surface area contributed by atoms with Crippen LogP contribution in [-0.4, -0.2) is 18.8 Å². The maximum absolute atomic E-state index is 13.3. The summed E-state index contributed by atoms with van der Waals surface area (Å²) in [5.41, 5.74) is 1.33. The van der Waals surface area contributed by atoms with Gasteiger partial charge in [-0.15, -0.1) is 0 Å². The molecule has 1 aromatic heterocycles. The summed E-state index contributed by atoms with van der Waals surface area (Å²) < 4.78 is 11.7. The predicted molar refractivity (Wildman–Crippen MR) is 125 cm³/mol. The van der Waals surface area contributed by atoms with Crippen molar-refractivity contribution >= 4 is 67.5 Å². The number of ketones is 1. The van der Waals surface area contributed by atoms with Gasteiger partial charge in [0.1, 0.15) is 11.3 Å². The van der Waals surface area contributed by atoms with Crippen LogP contribution in [0.3, 0.4) is 0 Å². The fourth-order valence-electron chi connectivity index (χ4n) is 3.12. The van der Waals surface area contributed by atoms with Crippen LogP contribution in [0.2, 0.25) is 10.0 Å². The second-order valence-corrected chi connectivity index (χ2v) is 8.26. The summed E-state index contributed by atoms with van der Waals surface area (Å²) in [7, 11) is 1.54. The molecular formula is C23H14BrCl2NO4. The molecule has 0 aliphatic carbocycles. The highest BCUT2D eigenvalue weighted by atomic mass is 79.9. The summed E-state index contributed by atoms with van der Waals surface area (Å²) in [4.78, 5) is 26.2. The summed E-state index contributed by atoms with van der Waals surface area (Å²) in [5, 5.41) is 3.99. The summed E-state index contributed by atoms with van der Waals surface area (Å²) in [6.07, 6.45) is 0. The van der Waals surface area contributed by atoms with Gasteiger partial charge in [-0.05, 0) is 64.5 Å². The maximum Gasteiger partial charge on any atom is 0.257 e. The van der Waals surface area contributed by atoms with Crippen LogP contribution in [0.5, 0.6) is 5.75 Å². The molecule has 0 spiro atoms. The number of amides is 1. The number of methoxy groups -OCH3 is 1. The molecule has 0 aliphatic rings. The van der Waals surface area contributed by atoms with E-state index in [1.54, 1.807) is 48.5 Å². The molecule has 0 fully saturated rings.